The van der Waals surface area contributed by atoms with Gasteiger partial charge in [-0.1, -0.05) is 36.6 Å². The van der Waals surface area contributed by atoms with Crippen LogP contribution < -0.4 is 0 Å². The molecule has 0 aromatic heterocycles. The molecule has 2 N–H and O–H groups in total. The SMILES string of the molecule is CC=C(C)CCC=C(C)CCC(CC)CCC(C(=O)O)C(=O)O. The zero-order chi connectivity index (χ0) is 17.8. The summed E-state index contributed by atoms with van der Waals surface area (Å²) in [7, 11) is 0. The zero-order valence-electron chi connectivity index (χ0n) is 15.0. The standard InChI is InChI=1S/C19H32O4/c1-5-14(3)8-7-9-15(4)10-11-16(6-2)12-13-17(18(20)21)19(22)23/h5,9,16-17H,6-8,10-13H2,1-4H3,(H,20,21)(H,22,23). The Morgan fingerprint density at radius 3 is 2.04 bits per heavy atom. The van der Waals surface area contributed by atoms with Crippen molar-refractivity contribution in [2.75, 3.05) is 0 Å². The molecular formula is C19H32O4. The predicted octanol–water partition coefficient (Wildman–Crippen LogP) is 5.05. The van der Waals surface area contributed by atoms with E-state index in [1.165, 1.54) is 11.1 Å². The van der Waals surface area contributed by atoms with E-state index in [0.29, 0.717) is 12.3 Å². The first-order valence-electron chi connectivity index (χ1n) is 8.54. The second kappa shape index (κ2) is 11.9. The number of aliphatic carboxylic acids is 2. The van der Waals surface area contributed by atoms with Gasteiger partial charge in [0.25, 0.3) is 0 Å². The van der Waals surface area contributed by atoms with Gasteiger partial charge in [0.2, 0.25) is 0 Å². The Hall–Kier alpha value is -1.58. The Bertz CT molecular complexity index is 421. The Kier molecular flexibility index (Phi) is 11.1. The van der Waals surface area contributed by atoms with Crippen LogP contribution in [0.25, 0.3) is 0 Å². The van der Waals surface area contributed by atoms with Gasteiger partial charge in [-0.3, -0.25) is 9.59 Å². The van der Waals surface area contributed by atoms with Gasteiger partial charge in [-0.05, 0) is 65.2 Å². The van der Waals surface area contributed by atoms with E-state index in [9.17, 15) is 9.59 Å². The summed E-state index contributed by atoms with van der Waals surface area (Å²) < 4.78 is 0. The lowest BCUT2D eigenvalue weighted by molar-refractivity contribution is -0.154. The van der Waals surface area contributed by atoms with Crippen LogP contribution in [0.2, 0.25) is 0 Å². The Morgan fingerprint density at radius 2 is 1.57 bits per heavy atom. The van der Waals surface area contributed by atoms with Crippen LogP contribution in [0.4, 0.5) is 0 Å². The molecule has 0 aromatic rings. The van der Waals surface area contributed by atoms with Crippen LogP contribution in [-0.4, -0.2) is 22.2 Å². The van der Waals surface area contributed by atoms with Gasteiger partial charge in [0.05, 0.1) is 0 Å². The Morgan fingerprint density at radius 1 is 0.957 bits per heavy atom. The van der Waals surface area contributed by atoms with E-state index in [4.69, 9.17) is 10.2 Å². The molecule has 4 nitrogen and oxygen atoms in total. The van der Waals surface area contributed by atoms with Crippen LogP contribution in [-0.2, 0) is 9.59 Å². The second-order valence-electron chi connectivity index (χ2n) is 6.34. The van der Waals surface area contributed by atoms with E-state index in [0.717, 1.165) is 32.1 Å². The van der Waals surface area contributed by atoms with Gasteiger partial charge in [-0.2, -0.15) is 0 Å². The molecule has 0 radical (unpaired) electrons. The van der Waals surface area contributed by atoms with Crippen LogP contribution in [0, 0.1) is 11.8 Å². The number of carboxylic acid groups (broad SMARTS) is 2. The first-order chi connectivity index (χ1) is 10.8. The van der Waals surface area contributed by atoms with E-state index >= 15 is 0 Å². The highest BCUT2D eigenvalue weighted by atomic mass is 16.4. The molecule has 0 aliphatic heterocycles. The fourth-order valence-electron chi connectivity index (χ4n) is 2.53. The van der Waals surface area contributed by atoms with E-state index in [1.807, 2.05) is 0 Å². The van der Waals surface area contributed by atoms with Crippen molar-refractivity contribution in [2.24, 2.45) is 11.8 Å². The normalized spacial score (nSPS) is 14.1. The molecular weight excluding hydrogens is 292 g/mol. The van der Waals surface area contributed by atoms with Crippen LogP contribution in [0.3, 0.4) is 0 Å². The molecule has 0 heterocycles. The molecule has 0 amide bonds. The Labute approximate surface area is 140 Å². The van der Waals surface area contributed by atoms with Gasteiger partial charge in [-0.25, -0.2) is 0 Å². The van der Waals surface area contributed by atoms with Crippen molar-refractivity contribution >= 4 is 11.9 Å². The maximum atomic E-state index is 10.9. The van der Waals surface area contributed by atoms with Crippen molar-refractivity contribution in [1.82, 2.24) is 0 Å². The highest BCUT2D eigenvalue weighted by molar-refractivity contribution is 5.92. The van der Waals surface area contributed by atoms with Crippen LogP contribution >= 0.6 is 0 Å². The number of allylic oxidation sites excluding steroid dienone is 4. The minimum Gasteiger partial charge on any atom is -0.481 e. The molecule has 132 valence electrons. The molecule has 0 fully saturated rings. The molecule has 0 bridgehead atoms. The van der Waals surface area contributed by atoms with Crippen LogP contribution in [0.1, 0.15) is 72.6 Å². The van der Waals surface area contributed by atoms with Crippen molar-refractivity contribution < 1.29 is 19.8 Å². The molecule has 0 saturated heterocycles. The Balaban J connectivity index is 4.26. The van der Waals surface area contributed by atoms with Gasteiger partial charge in [0.15, 0.2) is 5.92 Å². The van der Waals surface area contributed by atoms with Crippen molar-refractivity contribution in [1.29, 1.82) is 0 Å². The van der Waals surface area contributed by atoms with Crippen molar-refractivity contribution in [3.05, 3.63) is 23.3 Å². The predicted molar refractivity (Wildman–Crippen MR) is 93.4 cm³/mol. The molecule has 0 rings (SSSR count). The van der Waals surface area contributed by atoms with E-state index in [2.05, 4.69) is 39.8 Å². The second-order valence-corrected chi connectivity index (χ2v) is 6.34. The summed E-state index contributed by atoms with van der Waals surface area (Å²) in [6.45, 7) is 8.40. The minimum absolute atomic E-state index is 0.215. The van der Waals surface area contributed by atoms with Crippen LogP contribution in [0.15, 0.2) is 23.3 Å². The van der Waals surface area contributed by atoms with Gasteiger partial charge >= 0.3 is 11.9 Å². The van der Waals surface area contributed by atoms with Crippen molar-refractivity contribution in [2.45, 2.75) is 72.6 Å². The quantitative estimate of drug-likeness (QED) is 0.389. The van der Waals surface area contributed by atoms with Crippen molar-refractivity contribution in [3.8, 4) is 0 Å². The van der Waals surface area contributed by atoms with Crippen LogP contribution in [0.5, 0.6) is 0 Å². The first kappa shape index (κ1) is 21.4. The lowest BCUT2D eigenvalue weighted by Gasteiger charge is -2.16. The largest absolute Gasteiger partial charge is 0.481 e. The first-order valence-corrected chi connectivity index (χ1v) is 8.54. The minimum atomic E-state index is -1.27. The van der Waals surface area contributed by atoms with Gasteiger partial charge in [0.1, 0.15) is 0 Å². The van der Waals surface area contributed by atoms with Gasteiger partial charge in [-0.15, -0.1) is 0 Å². The summed E-state index contributed by atoms with van der Waals surface area (Å²) >= 11 is 0. The number of rotatable bonds is 12. The summed E-state index contributed by atoms with van der Waals surface area (Å²) in [6.07, 6.45) is 10.4. The van der Waals surface area contributed by atoms with E-state index in [-0.39, 0.29) is 6.42 Å². The van der Waals surface area contributed by atoms with Crippen molar-refractivity contribution in [3.63, 3.8) is 0 Å². The average Bonchev–Trinajstić information content (AvgIpc) is 2.49. The molecule has 0 aliphatic rings. The maximum absolute atomic E-state index is 10.9. The third-order valence-electron chi connectivity index (χ3n) is 4.51. The topological polar surface area (TPSA) is 74.6 Å². The highest BCUT2D eigenvalue weighted by Gasteiger charge is 2.26. The smallest absolute Gasteiger partial charge is 0.317 e. The summed E-state index contributed by atoms with van der Waals surface area (Å²) in [5, 5.41) is 17.8. The number of hydrogen-bond donors (Lipinski definition) is 2. The summed E-state index contributed by atoms with van der Waals surface area (Å²) in [4.78, 5) is 21.8. The summed E-state index contributed by atoms with van der Waals surface area (Å²) in [5.41, 5.74) is 2.76. The molecule has 1 unspecified atom stereocenters. The number of carbonyl (C=O) groups is 2. The average molecular weight is 324 g/mol. The van der Waals surface area contributed by atoms with E-state index in [1.54, 1.807) is 0 Å². The molecule has 1 atom stereocenters. The van der Waals surface area contributed by atoms with Gasteiger partial charge < -0.3 is 10.2 Å². The molecule has 0 aromatic carbocycles. The van der Waals surface area contributed by atoms with E-state index < -0.39 is 17.9 Å². The molecule has 23 heavy (non-hydrogen) atoms. The summed E-state index contributed by atoms with van der Waals surface area (Å²) in [5.74, 6) is -3.35. The monoisotopic (exact) mass is 324 g/mol. The highest BCUT2D eigenvalue weighted by Crippen LogP contribution is 2.23. The fraction of sp³-hybridized carbons (Fsp3) is 0.684. The molecule has 0 aliphatic carbocycles. The summed E-state index contributed by atoms with van der Waals surface area (Å²) in [6, 6.07) is 0. The third kappa shape index (κ3) is 9.93. The number of hydrogen-bond acceptors (Lipinski definition) is 2. The molecule has 0 saturated carbocycles. The van der Waals surface area contributed by atoms with Gasteiger partial charge in [0, 0.05) is 0 Å². The zero-order valence-corrected chi connectivity index (χ0v) is 15.0. The maximum Gasteiger partial charge on any atom is 0.317 e. The third-order valence-corrected chi connectivity index (χ3v) is 4.51. The lowest BCUT2D eigenvalue weighted by atomic mass is 9.89. The lowest BCUT2D eigenvalue weighted by Crippen LogP contribution is -2.24. The molecule has 4 heteroatoms. The fourth-order valence-corrected chi connectivity index (χ4v) is 2.53. The molecule has 0 spiro atoms. The number of carboxylic acids is 2.